The van der Waals surface area contributed by atoms with Crippen molar-refractivity contribution < 1.29 is 14.3 Å². The molecule has 0 spiro atoms. The van der Waals surface area contributed by atoms with Crippen LogP contribution in [0.4, 0.5) is 5.69 Å². The summed E-state index contributed by atoms with van der Waals surface area (Å²) in [5.74, 6) is 2.96. The molecule has 3 aliphatic heterocycles. The summed E-state index contributed by atoms with van der Waals surface area (Å²) in [4.78, 5) is 25.4. The van der Waals surface area contributed by atoms with Gasteiger partial charge in [0, 0.05) is 37.6 Å². The minimum absolute atomic E-state index is 0.0380. The van der Waals surface area contributed by atoms with Gasteiger partial charge in [-0.05, 0) is 87.8 Å². The molecule has 0 saturated carbocycles. The summed E-state index contributed by atoms with van der Waals surface area (Å²) in [6.07, 6.45) is 7.58. The summed E-state index contributed by atoms with van der Waals surface area (Å²) in [5.41, 5.74) is 6.71. The molecule has 2 aromatic carbocycles. The first-order chi connectivity index (χ1) is 20.3. The summed E-state index contributed by atoms with van der Waals surface area (Å²) in [7, 11) is 0. The van der Waals surface area contributed by atoms with Gasteiger partial charge >= 0.3 is 0 Å². The molecule has 42 heavy (non-hydrogen) atoms. The number of carbonyl (C=O) groups is 1. The number of nitrogens with zero attached hydrogens (tertiary/aromatic N) is 4. The minimum atomic E-state index is -0.0380. The van der Waals surface area contributed by atoms with Crippen LogP contribution in [0.15, 0.2) is 58.7 Å². The number of allylic oxidation sites excluding steroid dienone is 2. The van der Waals surface area contributed by atoms with Crippen LogP contribution in [0.1, 0.15) is 56.7 Å². The van der Waals surface area contributed by atoms with E-state index in [2.05, 4.69) is 68.7 Å². The fourth-order valence-electron chi connectivity index (χ4n) is 5.70. The SMILES string of the molecule is CC(C)=CCCC(C)CCSC1=N/C(=C/c2ccc3c(c2)OCO3)C(=O)N1CN1CCN(c2c(C)cccc2C)CC1. The van der Waals surface area contributed by atoms with E-state index in [4.69, 9.17) is 14.5 Å². The summed E-state index contributed by atoms with van der Waals surface area (Å²) >= 11 is 1.71. The third kappa shape index (κ3) is 7.39. The third-order valence-corrected chi connectivity index (χ3v) is 9.14. The van der Waals surface area contributed by atoms with Crippen molar-refractivity contribution in [2.45, 2.75) is 53.9 Å². The summed E-state index contributed by atoms with van der Waals surface area (Å²) in [6, 6.07) is 12.2. The van der Waals surface area contributed by atoms with E-state index >= 15 is 0 Å². The van der Waals surface area contributed by atoms with Crippen LogP contribution in [-0.4, -0.2) is 66.3 Å². The van der Waals surface area contributed by atoms with Crippen LogP contribution < -0.4 is 14.4 Å². The molecule has 0 radical (unpaired) electrons. The highest BCUT2D eigenvalue weighted by Crippen LogP contribution is 2.34. The lowest BCUT2D eigenvalue weighted by Gasteiger charge is -2.38. The number of aryl methyl sites for hydroxylation is 2. The van der Waals surface area contributed by atoms with Gasteiger partial charge in [-0.15, -0.1) is 0 Å². The van der Waals surface area contributed by atoms with E-state index in [1.807, 2.05) is 29.2 Å². The molecule has 3 heterocycles. The Hall–Kier alpha value is -3.23. The van der Waals surface area contributed by atoms with Gasteiger partial charge < -0.3 is 14.4 Å². The lowest BCUT2D eigenvalue weighted by molar-refractivity contribution is -0.124. The Morgan fingerprint density at radius 2 is 1.76 bits per heavy atom. The van der Waals surface area contributed by atoms with Crippen LogP contribution in [0.25, 0.3) is 6.08 Å². The van der Waals surface area contributed by atoms with Crippen molar-refractivity contribution in [3.8, 4) is 11.5 Å². The number of amides is 1. The Balaban J connectivity index is 1.26. The van der Waals surface area contributed by atoms with Crippen molar-refractivity contribution in [1.82, 2.24) is 9.80 Å². The molecule has 5 rings (SSSR count). The van der Waals surface area contributed by atoms with Crippen LogP contribution in [0.3, 0.4) is 0 Å². The van der Waals surface area contributed by atoms with Crippen molar-refractivity contribution in [1.29, 1.82) is 0 Å². The molecule has 1 fully saturated rings. The number of para-hydroxylation sites is 1. The van der Waals surface area contributed by atoms with Gasteiger partial charge in [-0.1, -0.05) is 54.6 Å². The smallest absolute Gasteiger partial charge is 0.279 e. The standard InChI is InChI=1S/C34H44N4O3S/c1-24(2)8-6-9-25(3)14-19-42-34-35-29(20-28-12-13-30-31(21-28)41-23-40-30)33(39)38(34)22-36-15-17-37(18-16-36)32-26(4)10-7-11-27(32)5/h7-8,10-13,20-21,25H,6,9,14-19,22-23H2,1-5H3/b29-20+. The molecule has 0 aromatic heterocycles. The number of carbonyl (C=O) groups excluding carboxylic acids is 1. The van der Waals surface area contributed by atoms with Crippen molar-refractivity contribution in [2.24, 2.45) is 10.9 Å². The van der Waals surface area contributed by atoms with Gasteiger partial charge in [0.15, 0.2) is 16.7 Å². The predicted molar refractivity (Wildman–Crippen MR) is 174 cm³/mol. The topological polar surface area (TPSA) is 57.6 Å². The molecular weight excluding hydrogens is 544 g/mol. The number of anilines is 1. The Morgan fingerprint density at radius 3 is 2.50 bits per heavy atom. The number of thioether (sulfide) groups is 1. The molecule has 1 atom stereocenters. The van der Waals surface area contributed by atoms with Gasteiger partial charge in [-0.25, -0.2) is 4.99 Å². The first-order valence-electron chi connectivity index (χ1n) is 15.1. The molecule has 0 aliphatic carbocycles. The molecule has 1 saturated heterocycles. The highest BCUT2D eigenvalue weighted by Gasteiger charge is 2.33. The second kappa shape index (κ2) is 13.8. The molecule has 1 amide bonds. The van der Waals surface area contributed by atoms with Gasteiger partial charge in [0.25, 0.3) is 5.91 Å². The Bertz CT molecular complexity index is 1350. The largest absolute Gasteiger partial charge is 0.454 e. The number of hydrogen-bond donors (Lipinski definition) is 0. The van der Waals surface area contributed by atoms with Gasteiger partial charge in [0.1, 0.15) is 5.70 Å². The Morgan fingerprint density at radius 1 is 1.02 bits per heavy atom. The highest BCUT2D eigenvalue weighted by molar-refractivity contribution is 8.13. The number of amidine groups is 1. The van der Waals surface area contributed by atoms with Crippen molar-refractivity contribution in [3.63, 3.8) is 0 Å². The first kappa shape index (κ1) is 30.2. The van der Waals surface area contributed by atoms with E-state index < -0.39 is 0 Å². The number of ether oxygens (including phenoxy) is 2. The summed E-state index contributed by atoms with van der Waals surface area (Å²) < 4.78 is 11.0. The third-order valence-electron chi connectivity index (χ3n) is 8.13. The van der Waals surface area contributed by atoms with Crippen molar-refractivity contribution in [2.75, 3.05) is 50.3 Å². The average Bonchev–Trinajstić information content (AvgIpc) is 3.54. The van der Waals surface area contributed by atoms with Crippen LogP contribution in [0.2, 0.25) is 0 Å². The predicted octanol–water partition coefficient (Wildman–Crippen LogP) is 6.86. The summed E-state index contributed by atoms with van der Waals surface area (Å²) in [6.45, 7) is 15.5. The number of aliphatic imine (C=N–C) groups is 1. The maximum Gasteiger partial charge on any atom is 0.279 e. The second-order valence-corrected chi connectivity index (χ2v) is 12.9. The zero-order valence-electron chi connectivity index (χ0n) is 25.7. The molecule has 8 heteroatoms. The molecule has 3 aliphatic rings. The number of benzene rings is 2. The summed E-state index contributed by atoms with van der Waals surface area (Å²) in [5, 5.41) is 0.806. The van der Waals surface area contributed by atoms with E-state index in [9.17, 15) is 4.79 Å². The zero-order chi connectivity index (χ0) is 29.6. The van der Waals surface area contributed by atoms with Crippen LogP contribution in [0.5, 0.6) is 11.5 Å². The lowest BCUT2D eigenvalue weighted by Crippen LogP contribution is -2.51. The number of hydrogen-bond acceptors (Lipinski definition) is 7. The van der Waals surface area contributed by atoms with Gasteiger partial charge in [0.05, 0.1) is 6.67 Å². The van der Waals surface area contributed by atoms with Crippen LogP contribution in [0, 0.1) is 19.8 Å². The molecule has 0 N–H and O–H groups in total. The number of piperazine rings is 1. The fourth-order valence-corrected chi connectivity index (χ4v) is 6.86. The lowest BCUT2D eigenvalue weighted by atomic mass is 10.0. The first-order valence-corrected chi connectivity index (χ1v) is 16.1. The van der Waals surface area contributed by atoms with E-state index in [0.29, 0.717) is 24.0 Å². The Kier molecular flexibility index (Phi) is 9.95. The van der Waals surface area contributed by atoms with E-state index in [1.165, 1.54) is 28.8 Å². The van der Waals surface area contributed by atoms with Gasteiger partial charge in [-0.3, -0.25) is 14.6 Å². The maximum absolute atomic E-state index is 13.7. The van der Waals surface area contributed by atoms with E-state index in [0.717, 1.165) is 61.3 Å². The fraction of sp³-hybridized carbons (Fsp3) is 0.471. The molecule has 1 unspecified atom stereocenters. The van der Waals surface area contributed by atoms with Crippen molar-refractivity contribution >= 4 is 34.6 Å². The minimum Gasteiger partial charge on any atom is -0.454 e. The number of fused-ring (bicyclic) bond motifs is 1. The zero-order valence-corrected chi connectivity index (χ0v) is 26.5. The number of rotatable bonds is 10. The van der Waals surface area contributed by atoms with Gasteiger partial charge in [-0.2, -0.15) is 0 Å². The van der Waals surface area contributed by atoms with E-state index in [1.54, 1.807) is 11.8 Å². The molecule has 224 valence electrons. The highest BCUT2D eigenvalue weighted by atomic mass is 32.2. The molecular formula is C34H44N4O3S. The van der Waals surface area contributed by atoms with E-state index in [-0.39, 0.29) is 12.7 Å². The van der Waals surface area contributed by atoms with Crippen LogP contribution in [-0.2, 0) is 4.79 Å². The molecule has 7 nitrogen and oxygen atoms in total. The Labute approximate surface area is 255 Å². The molecule has 0 bridgehead atoms. The maximum atomic E-state index is 13.7. The van der Waals surface area contributed by atoms with Crippen LogP contribution >= 0.6 is 11.8 Å². The second-order valence-electron chi connectivity index (χ2n) is 11.9. The monoisotopic (exact) mass is 588 g/mol. The quantitative estimate of drug-likeness (QED) is 0.223. The average molecular weight is 589 g/mol. The van der Waals surface area contributed by atoms with Crippen molar-refractivity contribution in [3.05, 3.63) is 70.4 Å². The normalized spacial score (nSPS) is 18.5. The molecule has 2 aromatic rings. The van der Waals surface area contributed by atoms with Gasteiger partial charge in [0.2, 0.25) is 6.79 Å².